The van der Waals surface area contributed by atoms with Gasteiger partial charge >= 0.3 is 41.7 Å². The van der Waals surface area contributed by atoms with Crippen molar-refractivity contribution in [2.45, 2.75) is 85.3 Å². The Morgan fingerprint density at radius 3 is 1.49 bits per heavy atom. The number of hydrogen-bond acceptors (Lipinski definition) is 9. The van der Waals surface area contributed by atoms with E-state index in [9.17, 15) is 9.59 Å². The van der Waals surface area contributed by atoms with Gasteiger partial charge in [-0.15, -0.1) is 0 Å². The number of benzene rings is 2. The van der Waals surface area contributed by atoms with Gasteiger partial charge in [0.25, 0.3) is 0 Å². The molecule has 0 N–H and O–H groups in total. The van der Waals surface area contributed by atoms with E-state index < -0.39 is 11.2 Å². The Morgan fingerprint density at radius 2 is 1.05 bits per heavy atom. The van der Waals surface area contributed by atoms with Gasteiger partial charge in [-0.1, -0.05) is 66.7 Å². The molecule has 2 amide bonds. The number of aryl methyl sites for hydroxylation is 2. The molecule has 0 spiro atoms. The van der Waals surface area contributed by atoms with Crippen molar-refractivity contribution in [3.8, 4) is 11.3 Å². The van der Waals surface area contributed by atoms with Crippen LogP contribution in [0, 0.1) is 23.7 Å². The number of fused-ring (bicyclic) bond motifs is 2. The molecule has 3 radical (unpaired) electrons. The molecule has 2 aromatic carbocycles. The van der Waals surface area contributed by atoms with E-state index in [0.717, 1.165) is 109 Å². The minimum Gasteiger partial charge on any atom is -1.00 e. The third-order valence-corrected chi connectivity index (χ3v) is 14.2. The zero-order valence-corrected chi connectivity index (χ0v) is 48.4. The normalized spacial score (nSPS) is 21.0. The second kappa shape index (κ2) is 25.0. The first-order valence-electron chi connectivity index (χ1n) is 25.4. The first-order chi connectivity index (χ1) is 33.5. The number of amides is 2. The number of likely N-dealkylation sites (tertiary alicyclic amines) is 4. The molecular formula is C56H76BBrN10NaO4. The molecule has 73 heavy (non-hydrogen) atoms. The van der Waals surface area contributed by atoms with Crippen LogP contribution in [0.25, 0.3) is 16.8 Å². The van der Waals surface area contributed by atoms with Crippen LogP contribution >= 0.6 is 0 Å². The summed E-state index contributed by atoms with van der Waals surface area (Å²) in [5.41, 5.74) is 9.06. The van der Waals surface area contributed by atoms with Gasteiger partial charge in [0.05, 0.1) is 11.4 Å². The maximum atomic E-state index is 12.5. The Morgan fingerprint density at radius 1 is 0.616 bits per heavy atom. The van der Waals surface area contributed by atoms with Crippen LogP contribution in [0.1, 0.15) is 77.3 Å². The van der Waals surface area contributed by atoms with Crippen molar-refractivity contribution in [3.05, 3.63) is 132 Å². The van der Waals surface area contributed by atoms with E-state index >= 15 is 0 Å². The maximum Gasteiger partial charge on any atom is 1.00 e. The largest absolute Gasteiger partial charge is 1.00 e. The molecule has 14 nitrogen and oxygen atoms in total. The number of carbonyl (C=O) groups excluding carboxylic acids is 2. The molecule has 4 fully saturated rings. The van der Waals surface area contributed by atoms with Gasteiger partial charge in [-0.2, -0.15) is 10.2 Å². The molecule has 4 unspecified atom stereocenters. The van der Waals surface area contributed by atoms with Crippen LogP contribution < -0.4 is 51.1 Å². The van der Waals surface area contributed by atoms with Crippen molar-refractivity contribution in [1.29, 1.82) is 0 Å². The fourth-order valence-electron chi connectivity index (χ4n) is 11.1. The van der Waals surface area contributed by atoms with E-state index in [0.29, 0.717) is 23.7 Å². The van der Waals surface area contributed by atoms with Crippen molar-refractivity contribution in [3.63, 3.8) is 0 Å². The van der Waals surface area contributed by atoms with Gasteiger partial charge < -0.3 is 37.7 Å². The van der Waals surface area contributed by atoms with Crippen LogP contribution in [0.5, 0.6) is 0 Å². The summed E-state index contributed by atoms with van der Waals surface area (Å²) in [4.78, 5) is 36.3. The molecule has 0 bridgehead atoms. The summed E-state index contributed by atoms with van der Waals surface area (Å²) in [6.07, 6.45) is 11.6. The third-order valence-electron chi connectivity index (χ3n) is 14.2. The quantitative estimate of drug-likeness (QED) is 0.152. The van der Waals surface area contributed by atoms with Crippen molar-refractivity contribution in [1.82, 2.24) is 44.1 Å². The summed E-state index contributed by atoms with van der Waals surface area (Å²) in [7, 11) is 4.01. The predicted octanol–water partition coefficient (Wildman–Crippen LogP) is 1.47. The summed E-state index contributed by atoms with van der Waals surface area (Å²) in [5, 5.41) is 9.65. The van der Waals surface area contributed by atoms with Crippen molar-refractivity contribution < 1.29 is 71.6 Å². The number of pyridine rings is 1. The van der Waals surface area contributed by atoms with Gasteiger partial charge in [-0.3, -0.25) is 24.1 Å². The van der Waals surface area contributed by atoms with E-state index in [1.54, 1.807) is 0 Å². The van der Waals surface area contributed by atoms with Crippen LogP contribution in [-0.4, -0.2) is 141 Å². The average molecular weight is 1070 g/mol. The van der Waals surface area contributed by atoms with Crippen molar-refractivity contribution in [2.75, 3.05) is 65.4 Å². The molecule has 5 aliphatic heterocycles. The Hall–Kier alpha value is -4.29. The van der Waals surface area contributed by atoms with E-state index in [1.807, 2.05) is 80.9 Å². The topological polar surface area (TPSA) is 108 Å². The second-order valence-corrected chi connectivity index (χ2v) is 22.5. The van der Waals surface area contributed by atoms with Crippen molar-refractivity contribution in [2.24, 2.45) is 37.8 Å². The van der Waals surface area contributed by atoms with Gasteiger partial charge in [-0.05, 0) is 82.8 Å². The van der Waals surface area contributed by atoms with Gasteiger partial charge in [0.2, 0.25) is 0 Å². The molecule has 5 aliphatic rings. The molecule has 0 aliphatic carbocycles. The van der Waals surface area contributed by atoms with Crippen LogP contribution in [-0.2, 0) is 49.7 Å². The molecule has 4 saturated heterocycles. The molecule has 3 aromatic heterocycles. The summed E-state index contributed by atoms with van der Waals surface area (Å²) < 4.78 is 17.2. The number of hydrogen-bond donors (Lipinski definition) is 0. The summed E-state index contributed by atoms with van der Waals surface area (Å²) in [6.45, 7) is 24.5. The number of nitrogens with zero attached hydrogens (tertiary/aromatic N) is 10. The van der Waals surface area contributed by atoms with Crippen LogP contribution in [0.3, 0.4) is 0 Å². The van der Waals surface area contributed by atoms with E-state index in [1.165, 1.54) is 33.5 Å². The maximum absolute atomic E-state index is 12.5. The zero-order valence-electron chi connectivity index (χ0n) is 45.8. The van der Waals surface area contributed by atoms with E-state index in [-0.39, 0.29) is 68.6 Å². The summed E-state index contributed by atoms with van der Waals surface area (Å²) >= 11 is 0. The van der Waals surface area contributed by atoms with Crippen LogP contribution in [0.4, 0.5) is 9.59 Å². The SMILES string of the molecule is Cn1cc(CN2CC3CN(C(=O)OC(C)(C)C)CC3C2)c(-c2cc[n+](Cc3ccccc3)cc2)n1.Cn1cc(CN2CC3CN(C(=O)OC(C)(C)C)CC3C2)c(C2=CCN(Cc3ccccc3)CC2)n1.[B].[Br-].[H-].[Na+]. The monoisotopic (exact) mass is 1070 g/mol. The fourth-order valence-corrected chi connectivity index (χ4v) is 11.1. The molecule has 0 saturated carbocycles. The standard InChI is InChI=1S/C28H39N5O2.C28H36N5O2.B.BrH.Na.H/c2*1-28(2,3)35-27(34)33-19-23-16-32(17-24(23)20-33)18-25-15-30(4)29-26(25)22-10-12-31(13-11-22)14-21-8-6-5-7-9-21;;;;/h5-10,15,23-24H,11-14,16-20H2,1-4H3;5-13,15,23-24H,14,16-20H2,1-4H3;;1H;;/q;+1;;;+1;-1/p-1. The first-order valence-corrected chi connectivity index (χ1v) is 25.4. The van der Waals surface area contributed by atoms with Gasteiger partial charge in [0.1, 0.15) is 11.2 Å². The second-order valence-electron chi connectivity index (χ2n) is 22.5. The van der Waals surface area contributed by atoms with Crippen LogP contribution in [0.2, 0.25) is 0 Å². The molecule has 17 heteroatoms. The average Bonchev–Trinajstić information content (AvgIpc) is 4.17. The van der Waals surface area contributed by atoms with E-state index in [4.69, 9.17) is 19.7 Å². The van der Waals surface area contributed by atoms with E-state index in [2.05, 4.69) is 117 Å². The number of carbonyl (C=O) groups is 2. The molecular weight excluding hydrogens is 990 g/mol. The molecule has 10 rings (SSSR count). The number of aromatic nitrogens is 5. The summed E-state index contributed by atoms with van der Waals surface area (Å²) in [6, 6.07) is 25.5. The Balaban J connectivity index is 0.000000260. The van der Waals surface area contributed by atoms with Gasteiger partial charge in [-0.25, -0.2) is 14.2 Å². The zero-order chi connectivity index (χ0) is 49.2. The minimum atomic E-state index is -0.449. The van der Waals surface area contributed by atoms with Gasteiger partial charge in [0, 0.05) is 154 Å². The molecule has 4 atom stereocenters. The number of rotatable bonds is 10. The third kappa shape index (κ3) is 15.4. The molecule has 5 aromatic rings. The van der Waals surface area contributed by atoms with Crippen LogP contribution in [0.15, 0.2) is 104 Å². The Labute approximate surface area is 470 Å². The van der Waals surface area contributed by atoms with Gasteiger partial charge in [0.15, 0.2) is 18.9 Å². The smallest absolute Gasteiger partial charge is 1.00 e. The first kappa shape index (κ1) is 58.0. The molecule has 385 valence electrons. The fraction of sp³-hybridized carbons (Fsp3) is 0.518. The summed E-state index contributed by atoms with van der Waals surface area (Å²) in [5.74, 6) is 2.08. The Kier molecular flexibility index (Phi) is 19.9. The minimum absolute atomic E-state index is 0. The van der Waals surface area contributed by atoms with Crippen molar-refractivity contribution >= 4 is 26.2 Å². The number of ether oxygens (including phenoxy) is 2. The number of halogens is 1. The predicted molar refractivity (Wildman–Crippen MR) is 279 cm³/mol. The molecule has 8 heterocycles. The Bertz CT molecular complexity index is 2600.